The lowest BCUT2D eigenvalue weighted by Gasteiger charge is -2.10. The normalized spacial score (nSPS) is 13.9. The molecule has 0 unspecified atom stereocenters. The summed E-state index contributed by atoms with van der Waals surface area (Å²) < 4.78 is 26.3. The monoisotopic (exact) mass is 501 g/mol. The van der Waals surface area contributed by atoms with Crippen LogP contribution < -0.4 is 20.3 Å². The summed E-state index contributed by atoms with van der Waals surface area (Å²) in [5.74, 6) is -0.0971. The first-order chi connectivity index (χ1) is 17.5. The summed E-state index contributed by atoms with van der Waals surface area (Å²) in [5.41, 5.74) is 9.52. The van der Waals surface area contributed by atoms with Crippen molar-refractivity contribution in [1.82, 2.24) is 10.3 Å². The number of ether oxygens (including phenoxy) is 1. The Morgan fingerprint density at radius 1 is 1.19 bits per heavy atom. The lowest BCUT2D eigenvalue weighted by atomic mass is 9.99. The Kier molecular flexibility index (Phi) is 5.37. The molecule has 180 valence electrons. The van der Waals surface area contributed by atoms with Gasteiger partial charge in [-0.25, -0.2) is 14.4 Å². The maximum absolute atomic E-state index is 14.2. The molecule has 3 heterocycles. The van der Waals surface area contributed by atoms with Gasteiger partial charge in [0.1, 0.15) is 16.4 Å². The number of fused-ring (bicyclic) bond motifs is 1. The molecule has 5 aromatic rings. The maximum atomic E-state index is 14.2. The van der Waals surface area contributed by atoms with Crippen LogP contribution in [0.25, 0.3) is 32.6 Å². The number of anilines is 1. The molecule has 8 nitrogen and oxygen atoms in total. The number of nitrogen functional groups attached to an aromatic ring is 1. The number of benzene rings is 2. The molecule has 0 bridgehead atoms. The molecule has 0 amide bonds. The molecule has 0 atom stereocenters. The smallest absolute Gasteiger partial charge is 0.320 e. The zero-order valence-electron chi connectivity index (χ0n) is 19.1. The van der Waals surface area contributed by atoms with E-state index < -0.39 is 5.90 Å². The van der Waals surface area contributed by atoms with Crippen LogP contribution in [0.4, 0.5) is 16.0 Å². The first-order valence-electron chi connectivity index (χ1n) is 11.3. The quantitative estimate of drug-likeness (QED) is 0.209. The Morgan fingerprint density at radius 2 is 2.00 bits per heavy atom. The first kappa shape index (κ1) is 22.2. The number of pyridine rings is 1. The van der Waals surface area contributed by atoms with Gasteiger partial charge in [0.2, 0.25) is 5.27 Å². The molecule has 36 heavy (non-hydrogen) atoms. The molecule has 0 radical (unpaired) electrons. The molecule has 3 aromatic heterocycles. The number of hydrogen-bond donors (Lipinski definition) is 1. The van der Waals surface area contributed by atoms with Crippen LogP contribution >= 0.6 is 11.3 Å². The van der Waals surface area contributed by atoms with Crippen LogP contribution in [0.1, 0.15) is 23.8 Å². The highest BCUT2D eigenvalue weighted by atomic mass is 32.1. The van der Waals surface area contributed by atoms with Crippen molar-refractivity contribution in [2.75, 3.05) is 12.8 Å². The van der Waals surface area contributed by atoms with Gasteiger partial charge in [0.15, 0.2) is 6.04 Å². The van der Waals surface area contributed by atoms with E-state index in [-0.39, 0.29) is 22.3 Å². The molecule has 1 saturated carbocycles. The zero-order valence-corrected chi connectivity index (χ0v) is 20.0. The van der Waals surface area contributed by atoms with E-state index in [1.54, 1.807) is 30.1 Å². The predicted octanol–water partition coefficient (Wildman–Crippen LogP) is 4.41. The van der Waals surface area contributed by atoms with Gasteiger partial charge in [-0.15, -0.1) is 11.3 Å². The second-order valence-electron chi connectivity index (χ2n) is 8.49. The Labute approximate surface area is 209 Å². The van der Waals surface area contributed by atoms with E-state index in [1.165, 1.54) is 12.1 Å². The third kappa shape index (κ3) is 4.05. The number of halogens is 1. The highest BCUT2D eigenvalue weighted by molar-refractivity contribution is 7.21. The van der Waals surface area contributed by atoms with Gasteiger partial charge in [-0.3, -0.25) is 4.52 Å². The second kappa shape index (κ2) is 8.72. The molecule has 0 aliphatic heterocycles. The SMILES string of the molecule is COc1ccc(-c2cc(-c3cccc(F)c3)c3c(N)c(/C([O-])=N/c4c[n+](C5CC5)no4)sc3n2)cc1. The van der Waals surface area contributed by atoms with E-state index in [0.717, 1.165) is 35.5 Å². The molecule has 1 aliphatic carbocycles. The van der Waals surface area contributed by atoms with E-state index in [0.29, 0.717) is 33.1 Å². The standard InChI is InChI=1S/C26H20FN5O3S/c1-34-18-9-5-14(6-10-18)20-12-19(15-3-2-4-16(27)11-15)22-23(28)24(36-26(22)29-20)25(33)30-21-13-32(31-35-21)17-7-8-17/h2-6,9-13,17H,7-8H2,1H3,(H2-,28,30,31,33). The largest absolute Gasteiger partial charge is 0.857 e. The van der Waals surface area contributed by atoms with Crippen molar-refractivity contribution >= 4 is 39.0 Å². The fraction of sp³-hybridized carbons (Fsp3) is 0.154. The Balaban J connectivity index is 1.50. The summed E-state index contributed by atoms with van der Waals surface area (Å²) in [7, 11) is 1.60. The summed E-state index contributed by atoms with van der Waals surface area (Å²) in [6, 6.07) is 15.8. The number of nitrogens with two attached hydrogens (primary N) is 1. The summed E-state index contributed by atoms with van der Waals surface area (Å²) >= 11 is 1.14. The Hall–Kier alpha value is -4.31. The van der Waals surface area contributed by atoms with Gasteiger partial charge in [-0.2, -0.15) is 0 Å². The zero-order chi connectivity index (χ0) is 24.8. The number of thiophene rings is 1. The van der Waals surface area contributed by atoms with Crippen LogP contribution in [0, 0.1) is 5.82 Å². The lowest BCUT2D eigenvalue weighted by molar-refractivity contribution is -0.765. The van der Waals surface area contributed by atoms with Crippen molar-refractivity contribution in [2.45, 2.75) is 18.9 Å². The van der Waals surface area contributed by atoms with Crippen molar-refractivity contribution in [3.05, 3.63) is 71.5 Å². The van der Waals surface area contributed by atoms with Gasteiger partial charge in [0.25, 0.3) is 6.20 Å². The highest BCUT2D eigenvalue weighted by Crippen LogP contribution is 2.41. The summed E-state index contributed by atoms with van der Waals surface area (Å²) in [4.78, 5) is 9.64. The van der Waals surface area contributed by atoms with Crippen molar-refractivity contribution in [3.63, 3.8) is 0 Å². The number of aromatic nitrogens is 3. The number of nitrogens with zero attached hydrogens (tertiary/aromatic N) is 4. The molecule has 2 aromatic carbocycles. The third-order valence-electron chi connectivity index (χ3n) is 6.02. The molecule has 2 N–H and O–H groups in total. The number of rotatable bonds is 6. The summed E-state index contributed by atoms with van der Waals surface area (Å²) in [5, 5.41) is 17.6. The number of methoxy groups -OCH3 is 1. The lowest BCUT2D eigenvalue weighted by Crippen LogP contribution is -2.32. The van der Waals surface area contributed by atoms with Crippen LogP contribution in [0.5, 0.6) is 5.75 Å². The Bertz CT molecular complexity index is 1620. The van der Waals surface area contributed by atoms with Gasteiger partial charge >= 0.3 is 5.88 Å². The first-order valence-corrected chi connectivity index (χ1v) is 12.1. The fourth-order valence-electron chi connectivity index (χ4n) is 4.03. The van der Waals surface area contributed by atoms with Gasteiger partial charge in [0.05, 0.1) is 23.4 Å². The highest BCUT2D eigenvalue weighted by Gasteiger charge is 2.35. The molecule has 1 aliphatic rings. The average molecular weight is 502 g/mol. The number of aliphatic imine (C=N–C) groups is 1. The molecule has 0 spiro atoms. The van der Waals surface area contributed by atoms with Crippen LogP contribution in [0.3, 0.4) is 0 Å². The predicted molar refractivity (Wildman–Crippen MR) is 133 cm³/mol. The van der Waals surface area contributed by atoms with E-state index in [1.807, 2.05) is 30.3 Å². The van der Waals surface area contributed by atoms with Gasteiger partial charge < -0.3 is 15.6 Å². The van der Waals surface area contributed by atoms with Crippen LogP contribution in [0.15, 0.2) is 70.3 Å². The third-order valence-corrected chi connectivity index (χ3v) is 7.11. The average Bonchev–Trinajstić information content (AvgIpc) is 3.55. The minimum atomic E-state index is -0.550. The topological polar surface area (TPSA) is 113 Å². The van der Waals surface area contributed by atoms with Crippen LogP contribution in [-0.2, 0) is 0 Å². The van der Waals surface area contributed by atoms with Crippen molar-refractivity contribution in [3.8, 4) is 28.1 Å². The minimum Gasteiger partial charge on any atom is -0.857 e. The van der Waals surface area contributed by atoms with Gasteiger partial charge in [-0.1, -0.05) is 12.1 Å². The molecular formula is C26H20FN5O3S. The van der Waals surface area contributed by atoms with Crippen LogP contribution in [-0.4, -0.2) is 23.3 Å². The van der Waals surface area contributed by atoms with E-state index >= 15 is 0 Å². The fourth-order valence-corrected chi connectivity index (χ4v) is 5.04. The summed E-state index contributed by atoms with van der Waals surface area (Å²) in [6.07, 6.45) is 3.66. The maximum Gasteiger partial charge on any atom is 0.320 e. The van der Waals surface area contributed by atoms with Crippen molar-refractivity contribution in [2.24, 2.45) is 4.99 Å². The van der Waals surface area contributed by atoms with E-state index in [4.69, 9.17) is 20.0 Å². The molecule has 6 rings (SSSR count). The molecule has 1 fully saturated rings. The minimum absolute atomic E-state index is 0.112. The van der Waals surface area contributed by atoms with Gasteiger partial charge in [-0.05, 0) is 58.3 Å². The number of hydrogen-bond acceptors (Lipinski definition) is 8. The van der Waals surface area contributed by atoms with E-state index in [2.05, 4.69) is 10.3 Å². The summed E-state index contributed by atoms with van der Waals surface area (Å²) in [6.45, 7) is 0. The molecule has 10 heteroatoms. The van der Waals surface area contributed by atoms with Crippen molar-refractivity contribution < 1.29 is 23.4 Å². The Morgan fingerprint density at radius 3 is 2.72 bits per heavy atom. The van der Waals surface area contributed by atoms with E-state index in [9.17, 15) is 9.50 Å². The molecule has 0 saturated heterocycles. The van der Waals surface area contributed by atoms with Crippen molar-refractivity contribution in [1.29, 1.82) is 0 Å². The van der Waals surface area contributed by atoms with Crippen LogP contribution in [0.2, 0.25) is 0 Å². The molecular weight excluding hydrogens is 481 g/mol. The van der Waals surface area contributed by atoms with Gasteiger partial charge in [0, 0.05) is 29.7 Å². The second-order valence-corrected chi connectivity index (χ2v) is 9.49.